The van der Waals surface area contributed by atoms with Crippen LogP contribution in [0.5, 0.6) is 0 Å². The monoisotopic (exact) mass is 405 g/mol. The number of rotatable bonds is 5. The van der Waals surface area contributed by atoms with E-state index >= 15 is 0 Å². The van der Waals surface area contributed by atoms with Crippen molar-refractivity contribution in [2.45, 2.75) is 33.6 Å². The molecule has 1 aliphatic rings. The summed E-state index contributed by atoms with van der Waals surface area (Å²) in [6.45, 7) is 9.67. The molecule has 2 aromatic heterocycles. The van der Waals surface area contributed by atoms with Crippen LogP contribution in [0.2, 0.25) is 0 Å². The lowest BCUT2D eigenvalue weighted by Crippen LogP contribution is -2.39. The molecule has 6 heteroatoms. The summed E-state index contributed by atoms with van der Waals surface area (Å²) in [5, 5.41) is 9.51. The molecule has 158 valence electrons. The van der Waals surface area contributed by atoms with Gasteiger partial charge in [-0.3, -0.25) is 9.48 Å². The van der Waals surface area contributed by atoms with Crippen LogP contribution in [0, 0.1) is 18.8 Å². The highest BCUT2D eigenvalue weighted by Gasteiger charge is 2.25. The first-order valence-electron chi connectivity index (χ1n) is 10.8. The Bertz CT molecular complexity index is 1050. The van der Waals surface area contributed by atoms with Crippen molar-refractivity contribution in [1.29, 1.82) is 0 Å². The number of aryl methyl sites for hydroxylation is 2. The number of hydrogen-bond acceptors (Lipinski definition) is 4. The quantitative estimate of drug-likeness (QED) is 0.689. The van der Waals surface area contributed by atoms with Crippen molar-refractivity contribution in [2.24, 2.45) is 18.9 Å². The zero-order chi connectivity index (χ0) is 21.3. The minimum atomic E-state index is 0.0642. The van der Waals surface area contributed by atoms with Crippen LogP contribution in [0.1, 0.15) is 32.3 Å². The van der Waals surface area contributed by atoms with Crippen molar-refractivity contribution >= 4 is 22.5 Å². The predicted molar refractivity (Wildman–Crippen MR) is 121 cm³/mol. The minimum absolute atomic E-state index is 0.0642. The van der Waals surface area contributed by atoms with Crippen molar-refractivity contribution in [1.82, 2.24) is 19.7 Å². The number of likely N-dealkylation sites (tertiary alicyclic amines) is 1. The summed E-state index contributed by atoms with van der Waals surface area (Å²) in [6.07, 6.45) is 7.57. The van der Waals surface area contributed by atoms with E-state index < -0.39 is 0 Å². The molecule has 3 aromatic rings. The summed E-state index contributed by atoms with van der Waals surface area (Å²) >= 11 is 0. The molecule has 30 heavy (non-hydrogen) atoms. The largest absolute Gasteiger partial charge is 0.310 e. The molecular weight excluding hydrogens is 374 g/mol. The molecule has 0 spiro atoms. The number of aromatic nitrogens is 3. The van der Waals surface area contributed by atoms with Gasteiger partial charge in [-0.15, -0.1) is 0 Å². The molecule has 1 aromatic carbocycles. The van der Waals surface area contributed by atoms with Gasteiger partial charge in [0.2, 0.25) is 5.91 Å². The van der Waals surface area contributed by atoms with Crippen LogP contribution < -0.4 is 5.32 Å². The van der Waals surface area contributed by atoms with Crippen LogP contribution in [0.4, 0.5) is 5.82 Å². The maximum atomic E-state index is 12.8. The van der Waals surface area contributed by atoms with Crippen LogP contribution in [0.25, 0.3) is 21.9 Å². The molecule has 0 unspecified atom stereocenters. The highest BCUT2D eigenvalue weighted by atomic mass is 16.1. The van der Waals surface area contributed by atoms with Gasteiger partial charge in [-0.05, 0) is 67.4 Å². The maximum Gasteiger partial charge on any atom is 0.228 e. The van der Waals surface area contributed by atoms with Crippen molar-refractivity contribution < 1.29 is 4.79 Å². The Morgan fingerprint density at radius 3 is 2.60 bits per heavy atom. The van der Waals surface area contributed by atoms with E-state index in [-0.39, 0.29) is 11.8 Å². The smallest absolute Gasteiger partial charge is 0.228 e. The number of hydrogen-bond donors (Lipinski definition) is 1. The highest BCUT2D eigenvalue weighted by Crippen LogP contribution is 2.28. The second-order valence-corrected chi connectivity index (χ2v) is 8.94. The fourth-order valence-electron chi connectivity index (χ4n) is 4.37. The zero-order valence-corrected chi connectivity index (χ0v) is 18.4. The van der Waals surface area contributed by atoms with E-state index in [0.29, 0.717) is 11.7 Å². The van der Waals surface area contributed by atoms with Crippen molar-refractivity contribution in [3.8, 4) is 11.1 Å². The molecule has 1 saturated heterocycles. The first-order valence-corrected chi connectivity index (χ1v) is 10.8. The molecule has 0 saturated carbocycles. The van der Waals surface area contributed by atoms with Gasteiger partial charge in [0.15, 0.2) is 0 Å². The molecule has 1 aliphatic heterocycles. The SMILES string of the molecule is Cc1cc(-c2cnn(C)c2)cc2cc(NC(=O)C3CCN(CC(C)C)CC3)ncc12. The predicted octanol–water partition coefficient (Wildman–Crippen LogP) is 4.25. The van der Waals surface area contributed by atoms with E-state index in [4.69, 9.17) is 0 Å². The van der Waals surface area contributed by atoms with Crippen molar-refractivity contribution in [3.05, 3.63) is 42.4 Å². The summed E-state index contributed by atoms with van der Waals surface area (Å²) in [4.78, 5) is 19.8. The molecule has 1 amide bonds. The molecule has 4 rings (SSSR count). The normalized spacial score (nSPS) is 15.8. The fraction of sp³-hybridized carbons (Fsp3) is 0.458. The molecule has 0 radical (unpaired) electrons. The van der Waals surface area contributed by atoms with E-state index in [9.17, 15) is 4.79 Å². The number of pyridine rings is 1. The average Bonchev–Trinajstić information content (AvgIpc) is 3.14. The van der Waals surface area contributed by atoms with Gasteiger partial charge in [-0.25, -0.2) is 4.98 Å². The van der Waals surface area contributed by atoms with E-state index in [1.807, 2.05) is 31.7 Å². The number of amides is 1. The molecule has 0 atom stereocenters. The van der Waals surface area contributed by atoms with Crippen molar-refractivity contribution in [2.75, 3.05) is 25.0 Å². The van der Waals surface area contributed by atoms with E-state index in [0.717, 1.165) is 59.9 Å². The Kier molecular flexibility index (Phi) is 5.86. The Balaban J connectivity index is 1.49. The number of nitrogens with zero attached hydrogens (tertiary/aromatic N) is 4. The summed E-state index contributed by atoms with van der Waals surface area (Å²) in [7, 11) is 1.92. The molecular formula is C24H31N5O. The number of carbonyl (C=O) groups is 1. The van der Waals surface area contributed by atoms with E-state index in [2.05, 4.69) is 53.2 Å². The van der Waals surface area contributed by atoms with Gasteiger partial charge in [-0.2, -0.15) is 5.10 Å². The number of carbonyl (C=O) groups excluding carboxylic acids is 1. The molecule has 3 heterocycles. The molecule has 6 nitrogen and oxygen atoms in total. The second-order valence-electron chi connectivity index (χ2n) is 8.94. The number of nitrogens with one attached hydrogen (secondary N) is 1. The summed E-state index contributed by atoms with van der Waals surface area (Å²) < 4.78 is 1.81. The zero-order valence-electron chi connectivity index (χ0n) is 18.4. The van der Waals surface area contributed by atoms with Crippen molar-refractivity contribution in [3.63, 3.8) is 0 Å². The first-order chi connectivity index (χ1) is 14.4. The first kappa shape index (κ1) is 20.5. The number of piperidine rings is 1. The van der Waals surface area contributed by atoms with Crippen LogP contribution in [-0.2, 0) is 11.8 Å². The van der Waals surface area contributed by atoms with E-state index in [1.54, 1.807) is 4.68 Å². The lowest BCUT2D eigenvalue weighted by atomic mass is 9.95. The Hall–Kier alpha value is -2.73. The summed E-state index contributed by atoms with van der Waals surface area (Å²) in [5.41, 5.74) is 3.36. The number of anilines is 1. The van der Waals surface area contributed by atoms with Gasteiger partial charge in [0.05, 0.1) is 6.20 Å². The molecule has 1 fully saturated rings. The van der Waals surface area contributed by atoms with Crippen LogP contribution in [-0.4, -0.2) is 45.2 Å². The fourth-order valence-corrected chi connectivity index (χ4v) is 4.37. The Morgan fingerprint density at radius 2 is 1.93 bits per heavy atom. The molecule has 0 aliphatic carbocycles. The second kappa shape index (κ2) is 8.56. The van der Waals surface area contributed by atoms with Gasteiger partial charge in [0, 0.05) is 42.9 Å². The van der Waals surface area contributed by atoms with Gasteiger partial charge in [0.1, 0.15) is 5.82 Å². The minimum Gasteiger partial charge on any atom is -0.310 e. The van der Waals surface area contributed by atoms with Gasteiger partial charge in [0.25, 0.3) is 0 Å². The van der Waals surface area contributed by atoms with Gasteiger partial charge in [-0.1, -0.05) is 19.9 Å². The lowest BCUT2D eigenvalue weighted by Gasteiger charge is -2.32. The van der Waals surface area contributed by atoms with E-state index in [1.165, 1.54) is 0 Å². The maximum absolute atomic E-state index is 12.8. The third-order valence-electron chi connectivity index (χ3n) is 5.92. The number of fused-ring (bicyclic) bond motifs is 1. The topological polar surface area (TPSA) is 63.1 Å². The third-order valence-corrected chi connectivity index (χ3v) is 5.92. The highest BCUT2D eigenvalue weighted by molar-refractivity contribution is 5.96. The lowest BCUT2D eigenvalue weighted by molar-refractivity contribution is -0.121. The summed E-state index contributed by atoms with van der Waals surface area (Å²) in [6, 6.07) is 6.28. The molecule has 0 bridgehead atoms. The van der Waals surface area contributed by atoms with Crippen LogP contribution in [0.3, 0.4) is 0 Å². The average molecular weight is 406 g/mol. The van der Waals surface area contributed by atoms with Gasteiger partial charge < -0.3 is 10.2 Å². The standard InChI is InChI=1S/C24H31N5O/c1-16(2)14-29-7-5-18(6-8-29)24(30)27-23-11-20-10-19(21-12-26-28(4)15-21)9-17(3)22(20)13-25-23/h9-13,15-16,18H,5-8,14H2,1-4H3,(H,25,27,30). The number of benzene rings is 1. The van der Waals surface area contributed by atoms with Crippen LogP contribution in [0.15, 0.2) is 36.8 Å². The Morgan fingerprint density at radius 1 is 1.17 bits per heavy atom. The van der Waals surface area contributed by atoms with Crippen LogP contribution >= 0.6 is 0 Å². The summed E-state index contributed by atoms with van der Waals surface area (Å²) in [5.74, 6) is 1.44. The molecule has 1 N–H and O–H groups in total. The van der Waals surface area contributed by atoms with Gasteiger partial charge >= 0.3 is 0 Å². The Labute approximate surface area is 178 Å². The third kappa shape index (κ3) is 4.54.